The van der Waals surface area contributed by atoms with Crippen molar-refractivity contribution in [3.8, 4) is 0 Å². The normalized spacial score (nSPS) is 20.6. The number of esters is 1. The zero-order chi connectivity index (χ0) is 24.2. The minimum absolute atomic E-state index is 0.0425. The van der Waals surface area contributed by atoms with E-state index in [0.29, 0.717) is 19.6 Å². The fraction of sp³-hybridized carbons (Fsp3) is 0.345. The lowest BCUT2D eigenvalue weighted by molar-refractivity contribution is -0.150. The summed E-state index contributed by atoms with van der Waals surface area (Å²) in [5, 5.41) is 8.86. The van der Waals surface area contributed by atoms with Crippen LogP contribution in [0.25, 0.3) is 10.8 Å². The highest BCUT2D eigenvalue weighted by atomic mass is 16.5. The Labute approximate surface area is 206 Å². The van der Waals surface area contributed by atoms with Crippen LogP contribution in [0.1, 0.15) is 43.4 Å². The molecule has 2 heterocycles. The van der Waals surface area contributed by atoms with Gasteiger partial charge in [0.05, 0.1) is 30.8 Å². The lowest BCUT2D eigenvalue weighted by Gasteiger charge is -2.32. The fourth-order valence-electron chi connectivity index (χ4n) is 5.13. The molecule has 0 bridgehead atoms. The largest absolute Gasteiger partial charge is 0.466 e. The molecule has 3 aromatic rings. The Morgan fingerprint density at radius 2 is 1.77 bits per heavy atom. The van der Waals surface area contributed by atoms with Crippen LogP contribution in [0, 0.1) is 5.92 Å². The maximum Gasteiger partial charge on any atom is 0.310 e. The van der Waals surface area contributed by atoms with E-state index < -0.39 is 0 Å². The van der Waals surface area contributed by atoms with Crippen LogP contribution in [-0.2, 0) is 14.3 Å². The minimum atomic E-state index is -0.170. The van der Waals surface area contributed by atoms with Crippen molar-refractivity contribution in [1.82, 2.24) is 9.91 Å². The number of rotatable bonds is 6. The molecule has 1 amide bonds. The number of hydrogen-bond donors (Lipinski definition) is 0. The standard InChI is InChI=1S/C29H31N3O3/c1-2-35-29(34)25-13-8-16-31(19-25)20-28(33)32-27(22-10-4-3-5-11-22)18-26(30-32)24-15-14-21-9-6-7-12-23(21)17-24/h3-7,9-12,14-15,17,25,27H,2,8,13,16,18-20H2,1H3. The van der Waals surface area contributed by atoms with Crippen LogP contribution < -0.4 is 0 Å². The summed E-state index contributed by atoms with van der Waals surface area (Å²) in [6.07, 6.45) is 2.36. The van der Waals surface area contributed by atoms with Gasteiger partial charge in [-0.1, -0.05) is 66.7 Å². The predicted molar refractivity (Wildman–Crippen MR) is 137 cm³/mol. The molecule has 6 heteroatoms. The van der Waals surface area contributed by atoms with Crippen LogP contribution in [0.15, 0.2) is 77.9 Å². The number of nitrogens with zero attached hydrogens (tertiary/aromatic N) is 3. The van der Waals surface area contributed by atoms with E-state index in [1.165, 1.54) is 5.39 Å². The highest BCUT2D eigenvalue weighted by molar-refractivity contribution is 6.05. The lowest BCUT2D eigenvalue weighted by Crippen LogP contribution is -2.44. The molecule has 2 atom stereocenters. The summed E-state index contributed by atoms with van der Waals surface area (Å²) in [5.74, 6) is -0.375. The lowest BCUT2D eigenvalue weighted by atomic mass is 9.96. The molecule has 2 aliphatic rings. The van der Waals surface area contributed by atoms with E-state index in [-0.39, 0.29) is 30.4 Å². The van der Waals surface area contributed by atoms with Crippen molar-refractivity contribution in [3.63, 3.8) is 0 Å². The monoisotopic (exact) mass is 469 g/mol. The summed E-state index contributed by atoms with van der Waals surface area (Å²) in [6.45, 7) is 3.80. The number of benzene rings is 3. The Kier molecular flexibility index (Phi) is 6.91. The number of fused-ring (bicyclic) bond motifs is 1. The van der Waals surface area contributed by atoms with Crippen LogP contribution in [0.3, 0.4) is 0 Å². The van der Waals surface area contributed by atoms with Gasteiger partial charge in [-0.2, -0.15) is 5.10 Å². The number of amides is 1. The van der Waals surface area contributed by atoms with Crippen molar-refractivity contribution in [1.29, 1.82) is 0 Å². The van der Waals surface area contributed by atoms with E-state index in [1.807, 2.05) is 37.3 Å². The molecule has 0 aromatic heterocycles. The van der Waals surface area contributed by atoms with Crippen molar-refractivity contribution in [2.45, 2.75) is 32.2 Å². The number of piperidine rings is 1. The molecule has 35 heavy (non-hydrogen) atoms. The molecule has 5 rings (SSSR count). The first-order valence-corrected chi connectivity index (χ1v) is 12.4. The van der Waals surface area contributed by atoms with Gasteiger partial charge < -0.3 is 4.74 Å². The second kappa shape index (κ2) is 10.4. The summed E-state index contributed by atoms with van der Waals surface area (Å²) in [6, 6.07) is 24.6. The summed E-state index contributed by atoms with van der Waals surface area (Å²) in [4.78, 5) is 27.9. The molecule has 0 spiro atoms. The number of carbonyl (C=O) groups excluding carboxylic acids is 2. The number of carbonyl (C=O) groups is 2. The third kappa shape index (κ3) is 5.13. The van der Waals surface area contributed by atoms with Gasteiger partial charge in [0.2, 0.25) is 0 Å². The third-order valence-electron chi connectivity index (χ3n) is 6.92. The molecular formula is C29H31N3O3. The first kappa shape index (κ1) is 23.2. The van der Waals surface area contributed by atoms with E-state index >= 15 is 0 Å². The van der Waals surface area contributed by atoms with Gasteiger partial charge in [-0.25, -0.2) is 5.01 Å². The maximum absolute atomic E-state index is 13.5. The molecule has 2 aliphatic heterocycles. The molecule has 0 saturated carbocycles. The van der Waals surface area contributed by atoms with Crippen LogP contribution in [0.5, 0.6) is 0 Å². The van der Waals surface area contributed by atoms with Crippen LogP contribution >= 0.6 is 0 Å². The van der Waals surface area contributed by atoms with E-state index in [9.17, 15) is 9.59 Å². The third-order valence-corrected chi connectivity index (χ3v) is 6.92. The van der Waals surface area contributed by atoms with Gasteiger partial charge in [0.15, 0.2) is 0 Å². The van der Waals surface area contributed by atoms with Gasteiger partial charge in [0, 0.05) is 13.0 Å². The minimum Gasteiger partial charge on any atom is -0.466 e. The average Bonchev–Trinajstić information content (AvgIpc) is 3.35. The molecule has 3 aromatic carbocycles. The number of ether oxygens (including phenoxy) is 1. The second-order valence-electron chi connectivity index (χ2n) is 9.30. The zero-order valence-electron chi connectivity index (χ0n) is 20.1. The first-order chi connectivity index (χ1) is 17.1. The Morgan fingerprint density at radius 1 is 1.00 bits per heavy atom. The summed E-state index contributed by atoms with van der Waals surface area (Å²) in [5.41, 5.74) is 3.03. The number of hydrogen-bond acceptors (Lipinski definition) is 5. The fourth-order valence-corrected chi connectivity index (χ4v) is 5.13. The van der Waals surface area contributed by atoms with Crippen molar-refractivity contribution in [2.75, 3.05) is 26.2 Å². The smallest absolute Gasteiger partial charge is 0.310 e. The highest BCUT2D eigenvalue weighted by Crippen LogP contribution is 2.33. The van der Waals surface area contributed by atoms with E-state index in [0.717, 1.165) is 41.6 Å². The molecule has 6 nitrogen and oxygen atoms in total. The van der Waals surface area contributed by atoms with Gasteiger partial charge in [0.25, 0.3) is 5.91 Å². The summed E-state index contributed by atoms with van der Waals surface area (Å²) >= 11 is 0. The molecule has 180 valence electrons. The van der Waals surface area contributed by atoms with Gasteiger partial charge >= 0.3 is 5.97 Å². The number of hydrazone groups is 1. The quantitative estimate of drug-likeness (QED) is 0.487. The zero-order valence-corrected chi connectivity index (χ0v) is 20.1. The Hall–Kier alpha value is -3.51. The number of likely N-dealkylation sites (tertiary alicyclic amines) is 1. The topological polar surface area (TPSA) is 62.2 Å². The van der Waals surface area contributed by atoms with Crippen molar-refractivity contribution in [2.24, 2.45) is 11.0 Å². The van der Waals surface area contributed by atoms with Gasteiger partial charge in [-0.05, 0) is 54.3 Å². The maximum atomic E-state index is 13.5. The Morgan fingerprint density at radius 3 is 2.57 bits per heavy atom. The SMILES string of the molecule is CCOC(=O)C1CCCN(CC(=O)N2N=C(c3ccc4ccccc4c3)CC2c2ccccc2)C1. The predicted octanol–water partition coefficient (Wildman–Crippen LogP) is 4.79. The molecule has 0 aliphatic carbocycles. The Balaban J connectivity index is 1.38. The highest BCUT2D eigenvalue weighted by Gasteiger charge is 2.35. The first-order valence-electron chi connectivity index (χ1n) is 12.4. The average molecular weight is 470 g/mol. The summed E-state index contributed by atoms with van der Waals surface area (Å²) < 4.78 is 5.22. The van der Waals surface area contributed by atoms with Crippen molar-refractivity contribution < 1.29 is 14.3 Å². The van der Waals surface area contributed by atoms with Crippen molar-refractivity contribution >= 4 is 28.4 Å². The molecule has 2 unspecified atom stereocenters. The van der Waals surface area contributed by atoms with E-state index in [1.54, 1.807) is 5.01 Å². The van der Waals surface area contributed by atoms with E-state index in [4.69, 9.17) is 9.84 Å². The van der Waals surface area contributed by atoms with E-state index in [2.05, 4.69) is 47.4 Å². The van der Waals surface area contributed by atoms with Crippen molar-refractivity contribution in [3.05, 3.63) is 83.9 Å². The van der Waals surface area contributed by atoms with Crippen LogP contribution in [0.2, 0.25) is 0 Å². The Bertz CT molecular complexity index is 1240. The molecule has 0 radical (unpaired) electrons. The summed E-state index contributed by atoms with van der Waals surface area (Å²) in [7, 11) is 0. The van der Waals surface area contributed by atoms with Gasteiger partial charge in [-0.3, -0.25) is 14.5 Å². The molecule has 1 saturated heterocycles. The van der Waals surface area contributed by atoms with Crippen LogP contribution in [-0.4, -0.2) is 53.7 Å². The molecular weight excluding hydrogens is 438 g/mol. The van der Waals surface area contributed by atoms with Gasteiger partial charge in [0.1, 0.15) is 0 Å². The van der Waals surface area contributed by atoms with Crippen LogP contribution in [0.4, 0.5) is 0 Å². The molecule has 1 fully saturated rings. The molecule has 0 N–H and O–H groups in total. The second-order valence-corrected chi connectivity index (χ2v) is 9.30. The van der Waals surface area contributed by atoms with Gasteiger partial charge in [-0.15, -0.1) is 0 Å².